The van der Waals surface area contributed by atoms with Crippen molar-refractivity contribution in [2.45, 2.75) is 26.3 Å². The van der Waals surface area contributed by atoms with Gasteiger partial charge in [-0.2, -0.15) is 10.2 Å². The Morgan fingerprint density at radius 1 is 1.06 bits per heavy atom. The van der Waals surface area contributed by atoms with Crippen LogP contribution < -0.4 is 26.6 Å². The molecule has 0 aliphatic heterocycles. The van der Waals surface area contributed by atoms with Gasteiger partial charge in [-0.05, 0) is 62.9 Å². The van der Waals surface area contributed by atoms with Crippen molar-refractivity contribution in [3.8, 4) is 6.07 Å². The van der Waals surface area contributed by atoms with Gasteiger partial charge in [-0.3, -0.25) is 9.59 Å². The van der Waals surface area contributed by atoms with Crippen LogP contribution in [0, 0.1) is 11.3 Å². The van der Waals surface area contributed by atoms with E-state index in [2.05, 4.69) is 42.6 Å². The maximum Gasteiger partial charge on any atom is 0.260 e. The molecule has 0 aliphatic rings. The van der Waals surface area contributed by atoms with Gasteiger partial charge in [0.2, 0.25) is 11.9 Å². The minimum Gasteiger partial charge on any atom is -0.369 e. The van der Waals surface area contributed by atoms with Crippen molar-refractivity contribution in [2.75, 3.05) is 34.9 Å². The topological polar surface area (TPSA) is 144 Å². The highest BCUT2D eigenvalue weighted by molar-refractivity contribution is 6.07. The van der Waals surface area contributed by atoms with Crippen molar-refractivity contribution >= 4 is 40.6 Å². The summed E-state index contributed by atoms with van der Waals surface area (Å²) in [4.78, 5) is 33.9. The molecule has 0 bridgehead atoms. The van der Waals surface area contributed by atoms with Crippen LogP contribution in [0.2, 0.25) is 0 Å². The van der Waals surface area contributed by atoms with E-state index in [4.69, 9.17) is 5.26 Å². The maximum absolute atomic E-state index is 13.0. The van der Waals surface area contributed by atoms with Crippen molar-refractivity contribution in [2.24, 2.45) is 0 Å². The van der Waals surface area contributed by atoms with Gasteiger partial charge >= 0.3 is 0 Å². The minimum atomic E-state index is -0.388. The third-order valence-corrected chi connectivity index (χ3v) is 5.06. The van der Waals surface area contributed by atoms with Crippen LogP contribution in [0.25, 0.3) is 0 Å². The van der Waals surface area contributed by atoms with Crippen LogP contribution in [0.4, 0.5) is 28.8 Å². The summed E-state index contributed by atoms with van der Waals surface area (Å²) in [5.74, 6) is 0.136. The van der Waals surface area contributed by atoms with Gasteiger partial charge in [0.05, 0.1) is 17.7 Å². The molecule has 5 N–H and O–H groups in total. The quantitative estimate of drug-likeness (QED) is 0.300. The van der Waals surface area contributed by atoms with Gasteiger partial charge in [0.15, 0.2) is 0 Å². The number of nitrogens with one attached hydrogen (secondary N) is 5. The Morgan fingerprint density at radius 2 is 1.77 bits per heavy atom. The molecule has 10 nitrogen and oxygen atoms in total. The molecule has 0 saturated heterocycles. The highest BCUT2D eigenvalue weighted by atomic mass is 16.2. The van der Waals surface area contributed by atoms with E-state index in [1.165, 1.54) is 6.20 Å². The summed E-state index contributed by atoms with van der Waals surface area (Å²) in [5.41, 5.74) is 2.63. The molecule has 10 heteroatoms. The smallest absolute Gasteiger partial charge is 0.260 e. The average molecular weight is 473 g/mol. The fourth-order valence-electron chi connectivity index (χ4n) is 3.00. The van der Waals surface area contributed by atoms with Crippen LogP contribution in [0.3, 0.4) is 0 Å². The number of benzene rings is 2. The summed E-state index contributed by atoms with van der Waals surface area (Å²) in [6, 6.07) is 15.5. The normalized spacial score (nSPS) is 11.1. The number of hydrogen-bond acceptors (Lipinski definition) is 8. The first-order valence-electron chi connectivity index (χ1n) is 11.2. The number of anilines is 5. The first kappa shape index (κ1) is 25.1. The average Bonchev–Trinajstić information content (AvgIpc) is 2.87. The molecule has 0 fully saturated rings. The number of carbonyl (C=O) groups is 2. The molecule has 2 aromatic carbocycles. The Labute approximate surface area is 204 Å². The third kappa shape index (κ3) is 6.99. The zero-order valence-corrected chi connectivity index (χ0v) is 19.8. The Kier molecular flexibility index (Phi) is 8.70. The molecule has 3 rings (SSSR count). The summed E-state index contributed by atoms with van der Waals surface area (Å²) in [5, 5.41) is 23.7. The largest absolute Gasteiger partial charge is 0.369 e. The lowest BCUT2D eigenvalue weighted by Gasteiger charge is -2.14. The Balaban J connectivity index is 1.77. The molecule has 180 valence electrons. The number of nitriles is 1. The lowest BCUT2D eigenvalue weighted by atomic mass is 10.2. The molecule has 1 aromatic heterocycles. The monoisotopic (exact) mass is 472 g/mol. The SMILES string of the molecule is CCCNc1nc(Nc2ccc(C#N)cc2)ncc1C(=O)Nc1cccc(NC(=O)C(C)NC)c1. The molecule has 35 heavy (non-hydrogen) atoms. The standard InChI is InChI=1S/C25H28N8O2/c1-4-12-28-22-21(15-29-25(33-22)32-18-10-8-17(14-26)9-11-18)24(35)31-20-7-5-6-19(13-20)30-23(34)16(2)27-3/h5-11,13,15-16,27H,4,12H2,1-3H3,(H,30,34)(H,31,35)(H2,28,29,32,33). The van der Waals surface area contributed by atoms with Crippen LogP contribution >= 0.6 is 0 Å². The molecule has 0 saturated carbocycles. The van der Waals surface area contributed by atoms with Crippen LogP contribution in [0.15, 0.2) is 54.7 Å². The van der Waals surface area contributed by atoms with E-state index >= 15 is 0 Å². The molecule has 0 aliphatic carbocycles. The van der Waals surface area contributed by atoms with Gasteiger partial charge in [0, 0.05) is 29.8 Å². The summed E-state index contributed by atoms with van der Waals surface area (Å²) >= 11 is 0. The van der Waals surface area contributed by atoms with Crippen LogP contribution in [0.1, 0.15) is 36.2 Å². The summed E-state index contributed by atoms with van der Waals surface area (Å²) in [6.45, 7) is 4.39. The first-order valence-corrected chi connectivity index (χ1v) is 11.2. The van der Waals surface area contributed by atoms with Gasteiger partial charge in [-0.25, -0.2) is 4.98 Å². The summed E-state index contributed by atoms with van der Waals surface area (Å²) in [7, 11) is 1.71. The molecule has 1 unspecified atom stereocenters. The van der Waals surface area contributed by atoms with Crippen molar-refractivity contribution in [3.63, 3.8) is 0 Å². The fourth-order valence-corrected chi connectivity index (χ4v) is 3.00. The van der Waals surface area contributed by atoms with E-state index in [1.54, 1.807) is 62.5 Å². The number of hydrogen-bond donors (Lipinski definition) is 5. The molecule has 3 aromatic rings. The van der Waals surface area contributed by atoms with Crippen molar-refractivity contribution < 1.29 is 9.59 Å². The molecule has 0 radical (unpaired) electrons. The predicted octanol–water partition coefficient (Wildman–Crippen LogP) is 3.71. The van der Waals surface area contributed by atoms with Gasteiger partial charge in [-0.1, -0.05) is 13.0 Å². The van der Waals surface area contributed by atoms with Gasteiger partial charge in [-0.15, -0.1) is 0 Å². The molecule has 1 atom stereocenters. The van der Waals surface area contributed by atoms with E-state index in [0.29, 0.717) is 40.9 Å². The van der Waals surface area contributed by atoms with Crippen LogP contribution in [-0.4, -0.2) is 41.4 Å². The molecule has 0 spiro atoms. The second-order valence-corrected chi connectivity index (χ2v) is 7.73. The van der Waals surface area contributed by atoms with Gasteiger partial charge in [0.25, 0.3) is 5.91 Å². The molecular weight excluding hydrogens is 444 g/mol. The number of carbonyl (C=O) groups excluding carboxylic acids is 2. The van der Waals surface area contributed by atoms with Crippen molar-refractivity contribution in [1.82, 2.24) is 15.3 Å². The number of aromatic nitrogens is 2. The van der Waals surface area contributed by atoms with Crippen LogP contribution in [-0.2, 0) is 4.79 Å². The second kappa shape index (κ2) is 12.1. The van der Waals surface area contributed by atoms with Crippen LogP contribution in [0.5, 0.6) is 0 Å². The highest BCUT2D eigenvalue weighted by Gasteiger charge is 2.16. The lowest BCUT2D eigenvalue weighted by Crippen LogP contribution is -2.35. The Hall–Kier alpha value is -4.49. The zero-order valence-electron chi connectivity index (χ0n) is 19.8. The number of nitrogens with zero attached hydrogens (tertiary/aromatic N) is 3. The minimum absolute atomic E-state index is 0.180. The van der Waals surface area contributed by atoms with Gasteiger partial charge < -0.3 is 26.6 Å². The lowest BCUT2D eigenvalue weighted by molar-refractivity contribution is -0.117. The predicted molar refractivity (Wildman–Crippen MR) is 137 cm³/mol. The first-order chi connectivity index (χ1) is 16.9. The number of likely N-dealkylation sites (N-methyl/N-ethyl adjacent to an activating group) is 1. The van der Waals surface area contributed by atoms with Gasteiger partial charge in [0.1, 0.15) is 11.4 Å². The number of amides is 2. The third-order valence-electron chi connectivity index (χ3n) is 5.06. The highest BCUT2D eigenvalue weighted by Crippen LogP contribution is 2.21. The molecular formula is C25H28N8O2. The second-order valence-electron chi connectivity index (χ2n) is 7.73. The summed E-state index contributed by atoms with van der Waals surface area (Å²) < 4.78 is 0. The summed E-state index contributed by atoms with van der Waals surface area (Å²) in [6.07, 6.45) is 2.29. The molecule has 2 amide bonds. The molecule has 1 heterocycles. The van der Waals surface area contributed by atoms with E-state index < -0.39 is 0 Å². The van der Waals surface area contributed by atoms with E-state index in [9.17, 15) is 9.59 Å². The zero-order chi connectivity index (χ0) is 25.2. The van der Waals surface area contributed by atoms with E-state index in [-0.39, 0.29) is 23.4 Å². The van der Waals surface area contributed by atoms with Crippen molar-refractivity contribution in [1.29, 1.82) is 5.26 Å². The fraction of sp³-hybridized carbons (Fsp3) is 0.240. The van der Waals surface area contributed by atoms with Crippen molar-refractivity contribution in [3.05, 3.63) is 65.9 Å². The Bertz CT molecular complexity index is 1220. The Morgan fingerprint density at radius 3 is 2.43 bits per heavy atom. The maximum atomic E-state index is 13.0. The number of rotatable bonds is 10. The van der Waals surface area contributed by atoms with E-state index in [1.807, 2.05) is 6.92 Å². The van der Waals surface area contributed by atoms with E-state index in [0.717, 1.165) is 6.42 Å².